The molecule has 0 saturated carbocycles. The molecule has 1 amide bonds. The minimum atomic E-state index is -0.369. The Hall–Kier alpha value is -1.33. The number of aryl methyl sites for hydroxylation is 2. The summed E-state index contributed by atoms with van der Waals surface area (Å²) in [5.41, 5.74) is 0.572. The first-order valence-corrected chi connectivity index (χ1v) is 7.19. The van der Waals surface area contributed by atoms with Crippen LogP contribution in [0.25, 0.3) is 0 Å². The van der Waals surface area contributed by atoms with Crippen molar-refractivity contribution in [3.63, 3.8) is 0 Å². The van der Waals surface area contributed by atoms with Gasteiger partial charge in [-0.25, -0.2) is 0 Å². The molecule has 0 unspecified atom stereocenters. The molecule has 0 spiro atoms. The molecule has 1 aromatic heterocycles. The van der Waals surface area contributed by atoms with Crippen LogP contribution in [-0.2, 0) is 4.74 Å². The lowest BCUT2D eigenvalue weighted by molar-refractivity contribution is 0.00528. The quantitative estimate of drug-likeness (QED) is 0.863. The number of furan rings is 1. The maximum absolute atomic E-state index is 12.0. The number of aliphatic hydroxyl groups is 1. The molecule has 1 fully saturated rings. The van der Waals surface area contributed by atoms with Crippen molar-refractivity contribution in [3.05, 3.63) is 23.2 Å². The lowest BCUT2D eigenvalue weighted by Gasteiger charge is -2.26. The van der Waals surface area contributed by atoms with Gasteiger partial charge in [-0.1, -0.05) is 0 Å². The summed E-state index contributed by atoms with van der Waals surface area (Å²) in [6, 6.07) is 1.74. The number of hydrogen-bond acceptors (Lipinski definition) is 4. The van der Waals surface area contributed by atoms with Gasteiger partial charge in [0.05, 0.1) is 11.7 Å². The van der Waals surface area contributed by atoms with E-state index in [2.05, 4.69) is 5.32 Å². The summed E-state index contributed by atoms with van der Waals surface area (Å²) in [7, 11) is 0. The van der Waals surface area contributed by atoms with E-state index < -0.39 is 0 Å². The van der Waals surface area contributed by atoms with Crippen LogP contribution in [-0.4, -0.2) is 36.9 Å². The van der Waals surface area contributed by atoms with Gasteiger partial charge in [-0.05, 0) is 45.1 Å². The predicted octanol–water partition coefficient (Wildman–Crippen LogP) is 1.80. The van der Waals surface area contributed by atoms with Gasteiger partial charge in [0.15, 0.2) is 0 Å². The highest BCUT2D eigenvalue weighted by atomic mass is 16.5. The summed E-state index contributed by atoms with van der Waals surface area (Å²) in [4.78, 5) is 12.0. The lowest BCUT2D eigenvalue weighted by atomic mass is 9.92. The Kier molecular flexibility index (Phi) is 5.20. The average molecular weight is 281 g/mol. The smallest absolute Gasteiger partial charge is 0.254 e. The van der Waals surface area contributed by atoms with Gasteiger partial charge in [0.25, 0.3) is 5.91 Å². The number of carbonyl (C=O) groups is 1. The molecule has 0 radical (unpaired) electrons. The van der Waals surface area contributed by atoms with E-state index in [0.717, 1.165) is 31.8 Å². The zero-order valence-corrected chi connectivity index (χ0v) is 12.1. The fraction of sp³-hybridized carbons (Fsp3) is 0.667. The van der Waals surface area contributed by atoms with Crippen LogP contribution in [0, 0.1) is 19.8 Å². The molecule has 0 aromatic carbocycles. The third-order valence-electron chi connectivity index (χ3n) is 3.82. The second-order valence-electron chi connectivity index (χ2n) is 5.39. The zero-order valence-electron chi connectivity index (χ0n) is 12.1. The Balaban J connectivity index is 1.75. The second kappa shape index (κ2) is 6.90. The lowest BCUT2D eigenvalue weighted by Crippen LogP contribution is -2.32. The monoisotopic (exact) mass is 281 g/mol. The number of hydrogen-bond donors (Lipinski definition) is 2. The highest BCUT2D eigenvalue weighted by molar-refractivity contribution is 5.95. The highest BCUT2D eigenvalue weighted by Gasteiger charge is 2.22. The number of nitrogens with one attached hydrogen (secondary N) is 1. The number of ether oxygens (including phenoxy) is 1. The molecule has 1 aromatic rings. The van der Waals surface area contributed by atoms with Gasteiger partial charge < -0.3 is 19.6 Å². The molecular weight excluding hydrogens is 258 g/mol. The van der Waals surface area contributed by atoms with Crippen LogP contribution in [0.4, 0.5) is 0 Å². The van der Waals surface area contributed by atoms with Gasteiger partial charge in [0.1, 0.15) is 11.5 Å². The van der Waals surface area contributed by atoms with Crippen LogP contribution >= 0.6 is 0 Å². The Labute approximate surface area is 119 Å². The first-order valence-electron chi connectivity index (χ1n) is 7.19. The summed E-state index contributed by atoms with van der Waals surface area (Å²) in [5, 5.41) is 12.9. The van der Waals surface area contributed by atoms with Crippen molar-refractivity contribution in [1.82, 2.24) is 5.32 Å². The fourth-order valence-corrected chi connectivity index (χ4v) is 2.62. The van der Waals surface area contributed by atoms with E-state index in [-0.39, 0.29) is 12.0 Å². The van der Waals surface area contributed by atoms with E-state index in [1.165, 1.54) is 0 Å². The van der Waals surface area contributed by atoms with Crippen molar-refractivity contribution in [2.75, 3.05) is 19.8 Å². The third kappa shape index (κ3) is 3.84. The van der Waals surface area contributed by atoms with Crippen molar-refractivity contribution in [1.29, 1.82) is 0 Å². The summed E-state index contributed by atoms with van der Waals surface area (Å²) >= 11 is 0. The Morgan fingerprint density at radius 2 is 2.15 bits per heavy atom. The minimum Gasteiger partial charge on any atom is -0.466 e. The molecule has 20 heavy (non-hydrogen) atoms. The van der Waals surface area contributed by atoms with Crippen molar-refractivity contribution in [2.24, 2.45) is 5.92 Å². The molecule has 2 rings (SSSR count). The SMILES string of the molecule is Cc1cc(C(=O)NCC[C@@H](O)C2CCOCC2)c(C)o1. The maximum atomic E-state index is 12.0. The average Bonchev–Trinajstić information content (AvgIpc) is 2.78. The topological polar surface area (TPSA) is 71.7 Å². The normalized spacial score (nSPS) is 17.9. The highest BCUT2D eigenvalue weighted by Crippen LogP contribution is 2.20. The van der Waals surface area contributed by atoms with Crippen LogP contribution in [0.15, 0.2) is 10.5 Å². The summed E-state index contributed by atoms with van der Waals surface area (Å²) < 4.78 is 10.6. The molecule has 1 aliphatic heterocycles. The molecule has 1 saturated heterocycles. The predicted molar refractivity (Wildman–Crippen MR) is 74.7 cm³/mol. The van der Waals surface area contributed by atoms with Gasteiger partial charge in [-0.3, -0.25) is 4.79 Å². The molecular formula is C15H23NO4. The molecule has 5 heteroatoms. The molecule has 112 valence electrons. The van der Waals surface area contributed by atoms with Crippen molar-refractivity contribution >= 4 is 5.91 Å². The molecule has 5 nitrogen and oxygen atoms in total. The van der Waals surface area contributed by atoms with Crippen LogP contribution in [0.3, 0.4) is 0 Å². The maximum Gasteiger partial charge on any atom is 0.254 e. The van der Waals surface area contributed by atoms with E-state index >= 15 is 0 Å². The minimum absolute atomic E-state index is 0.140. The van der Waals surface area contributed by atoms with Crippen LogP contribution < -0.4 is 5.32 Å². The summed E-state index contributed by atoms with van der Waals surface area (Å²) in [5.74, 6) is 1.51. The van der Waals surface area contributed by atoms with E-state index in [4.69, 9.17) is 9.15 Å². The van der Waals surface area contributed by atoms with Crippen molar-refractivity contribution in [3.8, 4) is 0 Å². The number of rotatable bonds is 5. The molecule has 1 atom stereocenters. The summed E-state index contributed by atoms with van der Waals surface area (Å²) in [6.07, 6.45) is 2.00. The van der Waals surface area contributed by atoms with Crippen LogP contribution in [0.5, 0.6) is 0 Å². The molecule has 2 N–H and O–H groups in total. The fourth-order valence-electron chi connectivity index (χ4n) is 2.62. The second-order valence-corrected chi connectivity index (χ2v) is 5.39. The van der Waals surface area contributed by atoms with Gasteiger partial charge in [0.2, 0.25) is 0 Å². The molecule has 0 aliphatic carbocycles. The Morgan fingerprint density at radius 1 is 1.45 bits per heavy atom. The Morgan fingerprint density at radius 3 is 2.75 bits per heavy atom. The number of amides is 1. The zero-order chi connectivity index (χ0) is 14.5. The largest absolute Gasteiger partial charge is 0.466 e. The first-order chi connectivity index (χ1) is 9.58. The van der Waals surface area contributed by atoms with Crippen LogP contribution in [0.2, 0.25) is 0 Å². The molecule has 0 bridgehead atoms. The van der Waals surface area contributed by atoms with Gasteiger partial charge >= 0.3 is 0 Å². The van der Waals surface area contributed by atoms with Crippen molar-refractivity contribution < 1.29 is 19.1 Å². The van der Waals surface area contributed by atoms with Gasteiger partial charge in [-0.2, -0.15) is 0 Å². The first kappa shape index (κ1) is 15.1. The number of carbonyl (C=O) groups excluding carboxylic acids is 1. The van der Waals surface area contributed by atoms with Crippen molar-refractivity contribution in [2.45, 2.75) is 39.2 Å². The van der Waals surface area contributed by atoms with Gasteiger partial charge in [-0.15, -0.1) is 0 Å². The standard InChI is InChI=1S/C15H23NO4/c1-10-9-13(11(2)20-10)15(18)16-6-3-14(17)12-4-7-19-8-5-12/h9,12,14,17H,3-8H2,1-2H3,(H,16,18)/t14-/m1/s1. The van der Waals surface area contributed by atoms with E-state index in [9.17, 15) is 9.90 Å². The van der Waals surface area contributed by atoms with E-state index in [1.807, 2.05) is 6.92 Å². The van der Waals surface area contributed by atoms with E-state index in [1.54, 1.807) is 13.0 Å². The number of aliphatic hydroxyl groups excluding tert-OH is 1. The third-order valence-corrected chi connectivity index (χ3v) is 3.82. The Bertz CT molecular complexity index is 449. The molecule has 1 aliphatic rings. The van der Waals surface area contributed by atoms with Crippen LogP contribution in [0.1, 0.15) is 41.1 Å². The summed E-state index contributed by atoms with van der Waals surface area (Å²) in [6.45, 7) is 5.52. The molecule has 2 heterocycles. The van der Waals surface area contributed by atoms with Gasteiger partial charge in [0, 0.05) is 19.8 Å². The van der Waals surface area contributed by atoms with E-state index in [0.29, 0.717) is 30.2 Å².